The van der Waals surface area contributed by atoms with E-state index in [2.05, 4.69) is 0 Å². The molecular formula is C8H11O5PS. The van der Waals surface area contributed by atoms with E-state index in [0.717, 1.165) is 18.0 Å². The maximum atomic E-state index is 11.2. The van der Waals surface area contributed by atoms with Crippen molar-refractivity contribution < 1.29 is 23.5 Å². The molecule has 15 heavy (non-hydrogen) atoms. The Hall–Kier alpha value is -0.840. The van der Waals surface area contributed by atoms with Crippen molar-refractivity contribution >= 4 is 24.9 Å². The van der Waals surface area contributed by atoms with Crippen molar-refractivity contribution in [1.82, 2.24) is 0 Å². The van der Waals surface area contributed by atoms with Gasteiger partial charge in [-0.3, -0.25) is 0 Å². The molecule has 0 aliphatic carbocycles. The lowest BCUT2D eigenvalue weighted by Gasteiger charge is -2.04. The van der Waals surface area contributed by atoms with Gasteiger partial charge in [0, 0.05) is 6.66 Å². The standard InChI is InChI=1S/C8H11O5PS/c1-3-12-8(9)6-4-5-7(15-6)13-14(2,10)11/h4-5H,3H2,1-2H3,(H,10,11). The summed E-state index contributed by atoms with van der Waals surface area (Å²) in [4.78, 5) is 20.5. The highest BCUT2D eigenvalue weighted by Crippen LogP contribution is 2.41. The van der Waals surface area contributed by atoms with Crippen molar-refractivity contribution in [3.63, 3.8) is 0 Å². The summed E-state index contributed by atoms with van der Waals surface area (Å²) in [5.74, 6) is -0.457. The molecule has 1 heterocycles. The summed E-state index contributed by atoms with van der Waals surface area (Å²) in [7, 11) is -3.56. The summed E-state index contributed by atoms with van der Waals surface area (Å²) in [6, 6.07) is 2.96. The molecule has 0 spiro atoms. The quantitative estimate of drug-likeness (QED) is 0.654. The van der Waals surface area contributed by atoms with Crippen LogP contribution in [0.25, 0.3) is 0 Å². The molecule has 1 aromatic rings. The molecule has 1 unspecified atom stereocenters. The lowest BCUT2D eigenvalue weighted by Crippen LogP contribution is -2.01. The smallest absolute Gasteiger partial charge is 0.374 e. The van der Waals surface area contributed by atoms with Crippen LogP contribution in [-0.2, 0) is 9.30 Å². The fraction of sp³-hybridized carbons (Fsp3) is 0.375. The van der Waals surface area contributed by atoms with E-state index >= 15 is 0 Å². The van der Waals surface area contributed by atoms with Crippen LogP contribution in [0.2, 0.25) is 0 Å². The van der Waals surface area contributed by atoms with Crippen molar-refractivity contribution in [3.8, 4) is 5.06 Å². The van der Waals surface area contributed by atoms with Gasteiger partial charge >= 0.3 is 13.6 Å². The molecule has 1 N–H and O–H groups in total. The SMILES string of the molecule is CCOC(=O)c1ccc(OP(C)(=O)O)s1. The van der Waals surface area contributed by atoms with E-state index in [4.69, 9.17) is 14.2 Å². The van der Waals surface area contributed by atoms with Gasteiger partial charge in [-0.05, 0) is 19.1 Å². The van der Waals surface area contributed by atoms with Gasteiger partial charge in [0.25, 0.3) is 0 Å². The zero-order chi connectivity index (χ0) is 11.5. The number of carbonyl (C=O) groups excluding carboxylic acids is 1. The van der Waals surface area contributed by atoms with Gasteiger partial charge < -0.3 is 14.2 Å². The second-order valence-corrected chi connectivity index (χ2v) is 5.57. The molecule has 84 valence electrons. The molecule has 1 atom stereocenters. The Morgan fingerprint density at radius 2 is 2.27 bits per heavy atom. The average molecular weight is 250 g/mol. The van der Waals surface area contributed by atoms with Crippen molar-refractivity contribution in [2.45, 2.75) is 6.92 Å². The monoisotopic (exact) mass is 250 g/mol. The van der Waals surface area contributed by atoms with E-state index < -0.39 is 13.6 Å². The van der Waals surface area contributed by atoms with Crippen LogP contribution in [-0.4, -0.2) is 24.1 Å². The molecule has 0 aromatic carbocycles. The topological polar surface area (TPSA) is 72.8 Å². The molecule has 0 aliphatic rings. The molecule has 0 saturated heterocycles. The first-order valence-electron chi connectivity index (χ1n) is 4.19. The fourth-order valence-corrected chi connectivity index (χ4v) is 2.44. The molecule has 1 rings (SSSR count). The lowest BCUT2D eigenvalue weighted by atomic mass is 10.5. The molecule has 0 aliphatic heterocycles. The number of hydrogen-bond donors (Lipinski definition) is 1. The van der Waals surface area contributed by atoms with Crippen LogP contribution in [0, 0.1) is 0 Å². The zero-order valence-electron chi connectivity index (χ0n) is 8.30. The summed E-state index contributed by atoms with van der Waals surface area (Å²) in [6.07, 6.45) is 0. The Morgan fingerprint density at radius 3 is 2.80 bits per heavy atom. The fourth-order valence-electron chi connectivity index (χ4n) is 0.848. The summed E-state index contributed by atoms with van der Waals surface area (Å²) in [5.41, 5.74) is 0. The maximum absolute atomic E-state index is 11.2. The van der Waals surface area contributed by atoms with E-state index in [-0.39, 0.29) is 5.06 Å². The van der Waals surface area contributed by atoms with Crippen molar-refractivity contribution in [3.05, 3.63) is 17.0 Å². The Balaban J connectivity index is 2.72. The number of hydrogen-bond acceptors (Lipinski definition) is 5. The van der Waals surface area contributed by atoms with Crippen molar-refractivity contribution in [2.75, 3.05) is 13.3 Å². The summed E-state index contributed by atoms with van der Waals surface area (Å²) in [6.45, 7) is 3.08. The second-order valence-electron chi connectivity index (χ2n) is 2.73. The third-order valence-electron chi connectivity index (χ3n) is 1.32. The van der Waals surface area contributed by atoms with Crippen LogP contribution < -0.4 is 4.52 Å². The molecule has 0 radical (unpaired) electrons. The third kappa shape index (κ3) is 4.03. The van der Waals surface area contributed by atoms with Crippen LogP contribution in [0.15, 0.2) is 12.1 Å². The number of thiophene rings is 1. The highest BCUT2D eigenvalue weighted by atomic mass is 32.1. The first-order chi connectivity index (χ1) is 6.92. The van der Waals surface area contributed by atoms with E-state index in [1.165, 1.54) is 12.1 Å². The average Bonchev–Trinajstić information content (AvgIpc) is 2.50. The van der Waals surface area contributed by atoms with Gasteiger partial charge in [-0.1, -0.05) is 11.3 Å². The van der Waals surface area contributed by atoms with Crippen LogP contribution >= 0.6 is 18.9 Å². The molecule has 1 aromatic heterocycles. The molecule has 0 amide bonds. The minimum atomic E-state index is -3.56. The van der Waals surface area contributed by atoms with Crippen LogP contribution in [0.3, 0.4) is 0 Å². The maximum Gasteiger partial charge on any atom is 0.374 e. The molecule has 7 heteroatoms. The number of ether oxygens (including phenoxy) is 1. The van der Waals surface area contributed by atoms with Gasteiger partial charge in [-0.25, -0.2) is 9.36 Å². The highest BCUT2D eigenvalue weighted by molar-refractivity contribution is 7.52. The number of carbonyl (C=O) groups is 1. The Bertz CT molecular complexity index is 393. The van der Waals surface area contributed by atoms with Gasteiger partial charge in [0.15, 0.2) is 5.06 Å². The largest absolute Gasteiger partial charge is 0.462 e. The first kappa shape index (κ1) is 12.2. The molecule has 0 fully saturated rings. The van der Waals surface area contributed by atoms with Gasteiger partial charge in [-0.2, -0.15) is 0 Å². The van der Waals surface area contributed by atoms with E-state index in [9.17, 15) is 9.36 Å². The van der Waals surface area contributed by atoms with E-state index in [0.29, 0.717) is 11.5 Å². The van der Waals surface area contributed by atoms with Crippen molar-refractivity contribution in [1.29, 1.82) is 0 Å². The van der Waals surface area contributed by atoms with Crippen LogP contribution in [0.1, 0.15) is 16.6 Å². The minimum Gasteiger partial charge on any atom is -0.462 e. The van der Waals surface area contributed by atoms with Crippen LogP contribution in [0.4, 0.5) is 0 Å². The highest BCUT2D eigenvalue weighted by Gasteiger charge is 2.16. The first-order valence-corrected chi connectivity index (χ1v) is 7.03. The Morgan fingerprint density at radius 1 is 1.60 bits per heavy atom. The Labute approximate surface area is 91.2 Å². The molecule has 0 saturated carbocycles. The predicted octanol–water partition coefficient (Wildman–Crippen LogP) is 2.12. The Kier molecular flexibility index (Phi) is 3.90. The molecule has 5 nitrogen and oxygen atoms in total. The molecular weight excluding hydrogens is 239 g/mol. The summed E-state index contributed by atoms with van der Waals surface area (Å²) in [5, 5.41) is 0.228. The van der Waals surface area contributed by atoms with Gasteiger partial charge in [0.2, 0.25) is 0 Å². The zero-order valence-corrected chi connectivity index (χ0v) is 10.0. The predicted molar refractivity (Wildman–Crippen MR) is 56.7 cm³/mol. The lowest BCUT2D eigenvalue weighted by molar-refractivity contribution is 0.0532. The normalized spacial score (nSPS) is 14.3. The number of rotatable bonds is 4. The van der Waals surface area contributed by atoms with Gasteiger partial charge in [0.05, 0.1) is 6.61 Å². The van der Waals surface area contributed by atoms with Gasteiger partial charge in [0.1, 0.15) is 4.88 Å². The second kappa shape index (κ2) is 4.79. The van der Waals surface area contributed by atoms with Gasteiger partial charge in [-0.15, -0.1) is 0 Å². The minimum absolute atomic E-state index is 0.228. The molecule has 0 bridgehead atoms. The number of esters is 1. The third-order valence-corrected chi connectivity index (χ3v) is 2.92. The summed E-state index contributed by atoms with van der Waals surface area (Å²) < 4.78 is 20.4. The summed E-state index contributed by atoms with van der Waals surface area (Å²) >= 11 is 0.979. The van der Waals surface area contributed by atoms with E-state index in [1.54, 1.807) is 6.92 Å². The van der Waals surface area contributed by atoms with Crippen LogP contribution in [0.5, 0.6) is 5.06 Å². The van der Waals surface area contributed by atoms with E-state index in [1.807, 2.05) is 0 Å². The van der Waals surface area contributed by atoms with Crippen molar-refractivity contribution in [2.24, 2.45) is 0 Å².